The highest BCUT2D eigenvalue weighted by molar-refractivity contribution is 7.12. The van der Waals surface area contributed by atoms with Crippen LogP contribution in [-0.4, -0.2) is 63.8 Å². The van der Waals surface area contributed by atoms with Crippen molar-refractivity contribution in [1.82, 2.24) is 14.8 Å². The summed E-state index contributed by atoms with van der Waals surface area (Å²) in [5.74, 6) is -2.87. The van der Waals surface area contributed by atoms with Crippen LogP contribution >= 0.6 is 22.9 Å². The minimum atomic E-state index is -5.08. The van der Waals surface area contributed by atoms with E-state index in [9.17, 15) is 22.8 Å². The van der Waals surface area contributed by atoms with Crippen molar-refractivity contribution in [3.63, 3.8) is 0 Å². The fourth-order valence-electron chi connectivity index (χ4n) is 6.34. The van der Waals surface area contributed by atoms with E-state index in [4.69, 9.17) is 21.5 Å². The van der Waals surface area contributed by atoms with E-state index in [-0.39, 0.29) is 23.1 Å². The molecule has 2 fully saturated rings. The Hall–Kier alpha value is -3.16. The lowest BCUT2D eigenvalue weighted by Gasteiger charge is -2.34. The maximum Gasteiger partial charge on any atom is 0.490 e. The van der Waals surface area contributed by atoms with Crippen LogP contribution in [0.1, 0.15) is 67.2 Å². The molecule has 0 radical (unpaired) electrons. The van der Waals surface area contributed by atoms with Gasteiger partial charge in [-0.3, -0.25) is 14.5 Å². The number of nitrogens with zero attached hydrogens (tertiary/aromatic N) is 2. The van der Waals surface area contributed by atoms with E-state index in [2.05, 4.69) is 21.3 Å². The number of aliphatic carboxylic acids is 1. The summed E-state index contributed by atoms with van der Waals surface area (Å²) in [7, 11) is 0. The zero-order valence-corrected chi connectivity index (χ0v) is 26.5. The molecule has 0 saturated carbocycles. The molecule has 45 heavy (non-hydrogen) atoms. The van der Waals surface area contributed by atoms with Gasteiger partial charge in [-0.2, -0.15) is 13.2 Å². The largest absolute Gasteiger partial charge is 0.490 e. The van der Waals surface area contributed by atoms with Gasteiger partial charge in [0.2, 0.25) is 11.8 Å². The third kappa shape index (κ3) is 7.47. The van der Waals surface area contributed by atoms with Crippen LogP contribution < -0.4 is 10.6 Å². The minimum absolute atomic E-state index is 0.0927. The van der Waals surface area contributed by atoms with E-state index in [1.54, 1.807) is 11.3 Å². The van der Waals surface area contributed by atoms with Crippen molar-refractivity contribution >= 4 is 57.3 Å². The molecular formula is C31H35ClF4N4O4S. The first-order chi connectivity index (χ1) is 21.1. The van der Waals surface area contributed by atoms with Crippen molar-refractivity contribution in [1.29, 1.82) is 0 Å². The number of carbonyl (C=O) groups is 3. The van der Waals surface area contributed by atoms with Crippen molar-refractivity contribution in [2.45, 2.75) is 76.8 Å². The Balaban J connectivity index is 0.000000515. The lowest BCUT2D eigenvalue weighted by molar-refractivity contribution is -0.192. The maximum atomic E-state index is 15.7. The second kappa shape index (κ2) is 12.6. The molecule has 0 spiro atoms. The molecule has 3 N–H and O–H groups in total. The molecule has 1 atom stereocenters. The smallest absolute Gasteiger partial charge is 0.475 e. The number of hydrogen-bond acceptors (Lipinski definition) is 6. The number of halogens is 5. The molecule has 2 aromatic heterocycles. The van der Waals surface area contributed by atoms with Gasteiger partial charge in [-0.1, -0.05) is 25.4 Å². The number of fused-ring (bicyclic) bond motifs is 2. The Morgan fingerprint density at radius 3 is 2.38 bits per heavy atom. The Kier molecular flexibility index (Phi) is 9.27. The minimum Gasteiger partial charge on any atom is -0.475 e. The predicted octanol–water partition coefficient (Wildman–Crippen LogP) is 6.70. The van der Waals surface area contributed by atoms with Crippen molar-refractivity contribution in [3.8, 4) is 0 Å². The molecule has 0 bridgehead atoms. The highest BCUT2D eigenvalue weighted by atomic mass is 35.5. The van der Waals surface area contributed by atoms with E-state index >= 15 is 4.39 Å². The lowest BCUT2D eigenvalue weighted by Crippen LogP contribution is -2.45. The van der Waals surface area contributed by atoms with Crippen LogP contribution in [0.5, 0.6) is 0 Å². The number of piperidine rings is 2. The van der Waals surface area contributed by atoms with Gasteiger partial charge in [0, 0.05) is 57.4 Å². The van der Waals surface area contributed by atoms with E-state index in [0.717, 1.165) is 40.0 Å². The third-order valence-electron chi connectivity index (χ3n) is 8.48. The molecular weight excluding hydrogens is 636 g/mol. The number of imide groups is 1. The van der Waals surface area contributed by atoms with Gasteiger partial charge in [0.1, 0.15) is 5.67 Å². The van der Waals surface area contributed by atoms with Crippen LogP contribution in [0, 0.1) is 5.41 Å². The molecule has 244 valence electrons. The summed E-state index contributed by atoms with van der Waals surface area (Å²) < 4.78 is 49.6. The molecule has 3 aliphatic rings. The second-order valence-corrected chi connectivity index (χ2v) is 14.3. The molecule has 0 aliphatic carbocycles. The van der Waals surface area contributed by atoms with Gasteiger partial charge in [0.25, 0.3) is 0 Å². The summed E-state index contributed by atoms with van der Waals surface area (Å²) in [5, 5.41) is 15.6. The number of carbonyl (C=O) groups excluding carboxylic acids is 2. The highest BCUT2D eigenvalue weighted by Crippen LogP contribution is 2.46. The fraction of sp³-hybridized carbons (Fsp3) is 0.516. The normalized spacial score (nSPS) is 21.1. The molecule has 1 unspecified atom stereocenters. The monoisotopic (exact) mass is 670 g/mol. The van der Waals surface area contributed by atoms with Gasteiger partial charge < -0.3 is 20.3 Å². The van der Waals surface area contributed by atoms with Gasteiger partial charge in [-0.05, 0) is 67.6 Å². The molecule has 3 aromatic rings. The Morgan fingerprint density at radius 2 is 1.76 bits per heavy atom. The summed E-state index contributed by atoms with van der Waals surface area (Å²) in [6.07, 6.45) is -0.430. The number of carboxylic acid groups (broad SMARTS) is 1. The topological polar surface area (TPSA) is 104 Å². The van der Waals surface area contributed by atoms with Gasteiger partial charge in [0.05, 0.1) is 18.6 Å². The first-order valence-electron chi connectivity index (χ1n) is 14.7. The van der Waals surface area contributed by atoms with E-state index < -0.39 is 17.8 Å². The average Bonchev–Trinajstić information content (AvgIpc) is 3.53. The molecule has 3 aliphatic heterocycles. The van der Waals surface area contributed by atoms with Crippen LogP contribution in [0.25, 0.3) is 10.9 Å². The van der Waals surface area contributed by atoms with E-state index in [1.165, 1.54) is 9.78 Å². The Bertz CT molecular complexity index is 1590. The van der Waals surface area contributed by atoms with Crippen molar-refractivity contribution in [2.75, 3.05) is 25.0 Å². The lowest BCUT2D eigenvalue weighted by atomic mass is 9.82. The van der Waals surface area contributed by atoms with Gasteiger partial charge in [0.15, 0.2) is 0 Å². The van der Waals surface area contributed by atoms with Crippen LogP contribution in [0.3, 0.4) is 0 Å². The van der Waals surface area contributed by atoms with Gasteiger partial charge in [-0.25, -0.2) is 9.18 Å². The SMILES string of the molecule is CC1(C)CC(=O)N(Cc2cc3c(s2)C(c2cc(Cl)cc4ccn(CC5(F)CCNCC5)c24)CCN3)C(=O)C1.O=C(O)C(F)(F)F. The summed E-state index contributed by atoms with van der Waals surface area (Å²) >= 11 is 8.25. The molecule has 14 heteroatoms. The number of rotatable bonds is 5. The maximum absolute atomic E-state index is 15.7. The highest BCUT2D eigenvalue weighted by Gasteiger charge is 2.39. The number of benzene rings is 1. The number of carboxylic acids is 1. The summed E-state index contributed by atoms with van der Waals surface area (Å²) in [6, 6.07) is 8.11. The van der Waals surface area contributed by atoms with Crippen molar-refractivity contribution in [2.24, 2.45) is 5.41 Å². The van der Waals surface area contributed by atoms with Crippen LogP contribution in [0.2, 0.25) is 5.02 Å². The number of alkyl halides is 4. The Labute approximate surface area is 266 Å². The van der Waals surface area contributed by atoms with Gasteiger partial charge in [-0.15, -0.1) is 11.3 Å². The molecule has 1 aromatic carbocycles. The number of nitrogens with one attached hydrogen (secondary N) is 2. The number of amides is 2. The standard InChI is InChI=1S/C29H34ClFN4O2S.C2HF3O2/c1-28(2)14-24(36)35(25(37)15-28)16-20-13-23-27(38-20)21(3-7-33-23)22-12-19(30)11-18-4-10-34(26(18)22)17-29(31)5-8-32-9-6-29;3-2(4,5)1(6)7/h4,10-13,21,32-33H,3,5-9,14-17H2,1-2H3;(H,6,7). The van der Waals surface area contributed by atoms with Crippen molar-refractivity contribution < 1.29 is 37.1 Å². The van der Waals surface area contributed by atoms with Gasteiger partial charge >= 0.3 is 12.1 Å². The van der Waals surface area contributed by atoms with E-state index in [0.29, 0.717) is 56.9 Å². The molecule has 6 rings (SSSR count). The summed E-state index contributed by atoms with van der Waals surface area (Å²) in [6.45, 7) is 6.77. The third-order valence-corrected chi connectivity index (χ3v) is 9.93. The first-order valence-corrected chi connectivity index (χ1v) is 15.9. The molecule has 2 saturated heterocycles. The first kappa shape index (κ1) is 33.2. The fourth-order valence-corrected chi connectivity index (χ4v) is 7.85. The molecule has 8 nitrogen and oxygen atoms in total. The average molecular weight is 671 g/mol. The second-order valence-electron chi connectivity index (χ2n) is 12.7. The summed E-state index contributed by atoms with van der Waals surface area (Å²) in [5.41, 5.74) is 1.68. The number of hydrogen-bond donors (Lipinski definition) is 3. The quantitative estimate of drug-likeness (QED) is 0.206. The predicted molar refractivity (Wildman–Crippen MR) is 164 cm³/mol. The number of anilines is 1. The summed E-state index contributed by atoms with van der Waals surface area (Å²) in [4.78, 5) is 38.0. The van der Waals surface area contributed by atoms with Crippen molar-refractivity contribution in [3.05, 3.63) is 50.8 Å². The van der Waals surface area contributed by atoms with Crippen LogP contribution in [0.15, 0.2) is 30.5 Å². The van der Waals surface area contributed by atoms with E-state index in [1.807, 2.05) is 38.2 Å². The zero-order valence-electron chi connectivity index (χ0n) is 24.9. The number of aromatic nitrogens is 1. The Morgan fingerprint density at radius 1 is 1.11 bits per heavy atom. The molecule has 2 amide bonds. The van der Waals surface area contributed by atoms with Crippen LogP contribution in [-0.2, 0) is 27.5 Å². The number of thiophene rings is 1. The number of likely N-dealkylation sites (tertiary alicyclic amines) is 1. The zero-order chi connectivity index (χ0) is 32.7. The van der Waals surface area contributed by atoms with Crippen LogP contribution in [0.4, 0.5) is 23.2 Å². The molecule has 5 heterocycles.